The molecule has 0 radical (unpaired) electrons. The van der Waals surface area contributed by atoms with Crippen molar-refractivity contribution < 1.29 is 0 Å². The molecule has 15 heavy (non-hydrogen) atoms. The summed E-state index contributed by atoms with van der Waals surface area (Å²) in [6.07, 6.45) is 0. The van der Waals surface area contributed by atoms with E-state index in [1.807, 2.05) is 6.04 Å². The van der Waals surface area contributed by atoms with Crippen molar-refractivity contribution in [3.63, 3.8) is 0 Å². The smallest absolute Gasteiger partial charge is 0.0347 e. The lowest BCUT2D eigenvalue weighted by atomic mass is 10.9. The third-order valence-corrected chi connectivity index (χ3v) is 112. The second-order valence-corrected chi connectivity index (χ2v) is 58.0. The van der Waals surface area contributed by atoms with E-state index in [-0.39, 0.29) is 0 Å². The standard InChI is InChI=1S/C8H30Si7/c1-11-14(4)6-8(10)13(3,7-9)15(14,5)12-2/h8H,6-7,11-12H2,1-5,9-10H3. The molecule has 1 aliphatic heterocycles. The molecule has 4 atom stereocenters. The number of rotatable bonds is 3. The molecule has 0 aromatic carbocycles. The zero-order chi connectivity index (χ0) is 11.9. The van der Waals surface area contributed by atoms with Gasteiger partial charge < -0.3 is 0 Å². The van der Waals surface area contributed by atoms with Crippen LogP contribution in [-0.2, 0) is 0 Å². The Kier molecular flexibility index (Phi) is 4.52. The molecule has 1 aliphatic rings. The molecule has 0 bridgehead atoms. The molecule has 0 aliphatic carbocycles. The van der Waals surface area contributed by atoms with Crippen LogP contribution in [0.5, 0.6) is 0 Å². The fourth-order valence-electron chi connectivity index (χ4n) is 4.46. The lowest BCUT2D eigenvalue weighted by Crippen LogP contribution is -2.74. The van der Waals surface area contributed by atoms with Crippen LogP contribution in [0.15, 0.2) is 0 Å². The van der Waals surface area contributed by atoms with E-state index in [0.717, 1.165) is 0 Å². The molecule has 1 fully saturated rings. The Hall–Kier alpha value is 1.52. The molecule has 0 amide bonds. The topological polar surface area (TPSA) is 0 Å². The SMILES string of the molecule is C[SiH2][Si]1(C)CC([SiH3])[Si](C)(C[SiH3])[Si]1(C)[SiH2]C. The van der Waals surface area contributed by atoms with Gasteiger partial charge in [0.2, 0.25) is 0 Å². The molecule has 1 rings (SSSR count). The Morgan fingerprint density at radius 3 is 2.07 bits per heavy atom. The highest BCUT2D eigenvalue weighted by molar-refractivity contribution is 7.93. The van der Waals surface area contributed by atoms with Crippen LogP contribution >= 0.6 is 0 Å². The molecule has 0 spiro atoms. The van der Waals surface area contributed by atoms with Gasteiger partial charge in [-0.2, -0.15) is 0 Å². The summed E-state index contributed by atoms with van der Waals surface area (Å²) >= 11 is 0. The predicted octanol–water partition coefficient (Wildman–Crippen LogP) is -1.16. The summed E-state index contributed by atoms with van der Waals surface area (Å²) in [6, 6.07) is 1.86. The summed E-state index contributed by atoms with van der Waals surface area (Å²) in [4.78, 5) is 0. The van der Waals surface area contributed by atoms with Crippen molar-refractivity contribution in [2.45, 2.75) is 49.6 Å². The molecule has 1 heterocycles. The zero-order valence-electron chi connectivity index (χ0n) is 11.9. The molecular formula is C8H30Si7. The number of hydrogen-bond acceptors (Lipinski definition) is 0. The number of hydrogen-bond donors (Lipinski definition) is 0. The van der Waals surface area contributed by atoms with Crippen molar-refractivity contribution in [1.29, 1.82) is 0 Å². The van der Waals surface area contributed by atoms with Crippen LogP contribution in [0.25, 0.3) is 0 Å². The summed E-state index contributed by atoms with van der Waals surface area (Å²) in [5.41, 5.74) is 1.79. The first-order valence-corrected chi connectivity index (χ1v) is 26.9. The Bertz CT molecular complexity index is 247. The second-order valence-electron chi connectivity index (χ2n) is 6.48. The van der Waals surface area contributed by atoms with Gasteiger partial charge in [-0.05, 0) is 10.2 Å². The summed E-state index contributed by atoms with van der Waals surface area (Å²) in [5, 5.41) is 1.38. The fourth-order valence-corrected chi connectivity index (χ4v) is 153. The maximum atomic E-state index is 2.95. The van der Waals surface area contributed by atoms with E-state index in [0.29, 0.717) is 18.1 Å². The predicted molar refractivity (Wildman–Crippen MR) is 96.9 cm³/mol. The first kappa shape index (κ1) is 14.6. The first-order valence-electron chi connectivity index (χ1n) is 6.81. The van der Waals surface area contributed by atoms with Crippen LogP contribution in [-0.4, -0.2) is 59.9 Å². The van der Waals surface area contributed by atoms with Crippen LogP contribution in [0.4, 0.5) is 0 Å². The van der Waals surface area contributed by atoms with Crippen molar-refractivity contribution in [3.05, 3.63) is 0 Å². The van der Waals surface area contributed by atoms with E-state index in [4.69, 9.17) is 0 Å². The maximum Gasteiger partial charge on any atom is 0.0347 e. The Morgan fingerprint density at radius 1 is 1.20 bits per heavy atom. The molecule has 0 aromatic heterocycles. The molecule has 0 saturated carbocycles. The van der Waals surface area contributed by atoms with Gasteiger partial charge in [-0.3, -0.25) is 0 Å². The molecule has 0 N–H and O–H groups in total. The van der Waals surface area contributed by atoms with Crippen LogP contribution in [0.2, 0.25) is 49.6 Å². The second kappa shape index (κ2) is 4.65. The fraction of sp³-hybridized carbons (Fsp3) is 1.00. The van der Waals surface area contributed by atoms with Gasteiger partial charge in [0.25, 0.3) is 0 Å². The lowest BCUT2D eigenvalue weighted by Gasteiger charge is -2.46. The highest BCUT2D eigenvalue weighted by atomic mass is 30.0. The molecule has 7 heteroatoms. The first-order chi connectivity index (χ1) is 6.81. The largest absolute Gasteiger partial charge is 0.0770 e. The summed E-state index contributed by atoms with van der Waals surface area (Å²) in [5.74, 6) is 0. The van der Waals surface area contributed by atoms with Crippen molar-refractivity contribution in [2.24, 2.45) is 0 Å². The highest BCUT2D eigenvalue weighted by Gasteiger charge is 2.64. The molecule has 1 saturated heterocycles. The van der Waals surface area contributed by atoms with Crippen LogP contribution < -0.4 is 0 Å². The zero-order valence-corrected chi connectivity index (χ0v) is 21.7. The van der Waals surface area contributed by atoms with E-state index in [9.17, 15) is 0 Å². The van der Waals surface area contributed by atoms with Crippen molar-refractivity contribution >= 4 is 59.9 Å². The third kappa shape index (κ3) is 1.82. The third-order valence-electron chi connectivity index (χ3n) is 6.66. The minimum Gasteiger partial charge on any atom is -0.0770 e. The van der Waals surface area contributed by atoms with Crippen LogP contribution in [0, 0.1) is 0 Å². The minimum atomic E-state index is -0.653. The van der Waals surface area contributed by atoms with Gasteiger partial charge in [0.15, 0.2) is 0 Å². The molecule has 0 aromatic rings. The lowest BCUT2D eigenvalue weighted by molar-refractivity contribution is 1.26. The van der Waals surface area contributed by atoms with Gasteiger partial charge in [0, 0.05) is 49.6 Å². The van der Waals surface area contributed by atoms with E-state index >= 15 is 0 Å². The summed E-state index contributed by atoms with van der Waals surface area (Å²) in [6.45, 7) is 13.5. The Labute approximate surface area is 109 Å². The normalized spacial score (nSPS) is 53.0. The molecule has 0 nitrogen and oxygen atoms in total. The maximum absolute atomic E-state index is 2.95. The van der Waals surface area contributed by atoms with Gasteiger partial charge in [-0.1, -0.05) is 49.6 Å². The summed E-state index contributed by atoms with van der Waals surface area (Å²) < 4.78 is 0. The van der Waals surface area contributed by atoms with Gasteiger partial charge in [-0.25, -0.2) is 0 Å². The van der Waals surface area contributed by atoms with Crippen LogP contribution in [0.1, 0.15) is 0 Å². The van der Waals surface area contributed by atoms with E-state index in [1.165, 1.54) is 15.4 Å². The molecule has 90 valence electrons. The Morgan fingerprint density at radius 2 is 1.73 bits per heavy atom. The quantitative estimate of drug-likeness (QED) is 0.575. The van der Waals surface area contributed by atoms with Crippen LogP contribution in [0.3, 0.4) is 0 Å². The van der Waals surface area contributed by atoms with Crippen molar-refractivity contribution in [1.82, 2.24) is 0 Å². The van der Waals surface area contributed by atoms with Gasteiger partial charge in [0.05, 0.1) is 0 Å². The van der Waals surface area contributed by atoms with E-state index < -0.39 is 21.3 Å². The highest BCUT2D eigenvalue weighted by Crippen LogP contribution is 2.48. The molecule has 4 unspecified atom stereocenters. The monoisotopic (exact) mass is 322 g/mol. The van der Waals surface area contributed by atoms with E-state index in [1.54, 1.807) is 15.9 Å². The van der Waals surface area contributed by atoms with Gasteiger partial charge in [0.1, 0.15) is 0 Å². The van der Waals surface area contributed by atoms with E-state index in [2.05, 4.69) is 32.7 Å². The average Bonchev–Trinajstić information content (AvgIpc) is 2.39. The summed E-state index contributed by atoms with van der Waals surface area (Å²) in [7, 11) is 2.62. The Balaban J connectivity index is 3.22. The molecular weight excluding hydrogens is 293 g/mol. The van der Waals surface area contributed by atoms with Crippen molar-refractivity contribution in [3.8, 4) is 0 Å². The average molecular weight is 323 g/mol. The van der Waals surface area contributed by atoms with Gasteiger partial charge in [-0.15, -0.1) is 0 Å². The van der Waals surface area contributed by atoms with Crippen molar-refractivity contribution in [2.75, 3.05) is 0 Å². The minimum absolute atomic E-state index is 0.373. The van der Waals surface area contributed by atoms with Gasteiger partial charge >= 0.3 is 0 Å².